The Balaban J connectivity index is 1.86. The van der Waals surface area contributed by atoms with Gasteiger partial charge in [-0.05, 0) is 74.4 Å². The monoisotopic (exact) mass is 719 g/mol. The summed E-state index contributed by atoms with van der Waals surface area (Å²) in [5.41, 5.74) is 0.359. The van der Waals surface area contributed by atoms with Crippen molar-refractivity contribution in [3.63, 3.8) is 0 Å². The molecular weight excluding hydrogens is 686 g/mol. The molecule has 0 aromatic heterocycles. The first kappa shape index (κ1) is 36.8. The number of rotatable bonds is 12. The number of halogens is 5. The van der Waals surface area contributed by atoms with Crippen LogP contribution in [0.3, 0.4) is 0 Å². The number of nitrogens with one attached hydrogen (secondary N) is 1. The van der Waals surface area contributed by atoms with Crippen molar-refractivity contribution in [1.82, 2.24) is 10.2 Å². The van der Waals surface area contributed by atoms with E-state index in [0.717, 1.165) is 23.3 Å². The molecule has 4 aromatic carbocycles. The Morgan fingerprint density at radius 3 is 2.06 bits per heavy atom. The van der Waals surface area contributed by atoms with Gasteiger partial charge < -0.3 is 10.2 Å². The minimum atomic E-state index is -4.91. The molecule has 7 nitrogen and oxygen atoms in total. The van der Waals surface area contributed by atoms with Gasteiger partial charge in [-0.25, -0.2) is 8.42 Å². The van der Waals surface area contributed by atoms with E-state index in [0.29, 0.717) is 21.0 Å². The molecule has 48 heavy (non-hydrogen) atoms. The number of hydrogen-bond donors (Lipinski definition) is 1. The van der Waals surface area contributed by atoms with Crippen LogP contribution >= 0.6 is 23.2 Å². The fourth-order valence-corrected chi connectivity index (χ4v) is 6.73. The van der Waals surface area contributed by atoms with Crippen LogP contribution in [-0.4, -0.2) is 43.8 Å². The van der Waals surface area contributed by atoms with Gasteiger partial charge in [-0.15, -0.1) is 0 Å². The highest BCUT2D eigenvalue weighted by atomic mass is 35.5. The van der Waals surface area contributed by atoms with Crippen molar-refractivity contribution in [1.29, 1.82) is 0 Å². The van der Waals surface area contributed by atoms with Crippen molar-refractivity contribution in [3.05, 3.63) is 129 Å². The van der Waals surface area contributed by atoms with Gasteiger partial charge in [0, 0.05) is 24.0 Å². The first-order valence-electron chi connectivity index (χ1n) is 14.9. The van der Waals surface area contributed by atoms with Gasteiger partial charge in [0.2, 0.25) is 11.8 Å². The normalized spacial score (nSPS) is 12.4. The molecule has 2 amide bonds. The Bertz CT molecular complexity index is 1840. The molecule has 254 valence electrons. The molecule has 0 aliphatic heterocycles. The van der Waals surface area contributed by atoms with Crippen LogP contribution in [-0.2, 0) is 38.8 Å². The first-order chi connectivity index (χ1) is 22.6. The molecule has 1 N–H and O–H groups in total. The fraction of sp³-hybridized carbons (Fsp3) is 0.257. The highest BCUT2D eigenvalue weighted by Crippen LogP contribution is 2.38. The third-order valence-electron chi connectivity index (χ3n) is 7.40. The molecular formula is C35H34Cl2F3N3O4S. The van der Waals surface area contributed by atoms with Crippen LogP contribution < -0.4 is 9.62 Å². The number of carbonyl (C=O) groups is 2. The summed E-state index contributed by atoms with van der Waals surface area (Å²) in [4.78, 5) is 29.2. The van der Waals surface area contributed by atoms with E-state index in [4.69, 9.17) is 23.2 Å². The van der Waals surface area contributed by atoms with E-state index in [-0.39, 0.29) is 23.9 Å². The number of aryl methyl sites for hydroxylation is 1. The van der Waals surface area contributed by atoms with Gasteiger partial charge in [0.05, 0.1) is 21.2 Å². The number of carbonyl (C=O) groups excluding carboxylic acids is 2. The predicted octanol–water partition coefficient (Wildman–Crippen LogP) is 7.68. The van der Waals surface area contributed by atoms with Crippen molar-refractivity contribution < 1.29 is 31.2 Å². The molecule has 0 saturated heterocycles. The van der Waals surface area contributed by atoms with Crippen LogP contribution in [0.4, 0.5) is 18.9 Å². The highest BCUT2D eigenvalue weighted by molar-refractivity contribution is 7.92. The Kier molecular flexibility index (Phi) is 11.8. The number of sulfonamides is 1. The molecule has 0 saturated carbocycles. The molecule has 0 heterocycles. The number of anilines is 1. The third-order valence-corrected chi connectivity index (χ3v) is 9.77. The van der Waals surface area contributed by atoms with Crippen LogP contribution in [0.5, 0.6) is 0 Å². The summed E-state index contributed by atoms with van der Waals surface area (Å²) in [5, 5.41) is 2.65. The van der Waals surface area contributed by atoms with E-state index in [1.54, 1.807) is 75.4 Å². The minimum Gasteiger partial charge on any atom is -0.352 e. The molecule has 0 spiro atoms. The van der Waals surface area contributed by atoms with Gasteiger partial charge in [-0.2, -0.15) is 13.2 Å². The Hall–Kier alpha value is -4.06. The van der Waals surface area contributed by atoms with E-state index < -0.39 is 56.9 Å². The molecule has 4 rings (SSSR count). The summed E-state index contributed by atoms with van der Waals surface area (Å²) in [6.45, 7) is 4.21. The largest absolute Gasteiger partial charge is 0.417 e. The van der Waals surface area contributed by atoms with Crippen LogP contribution in [0, 0.1) is 6.92 Å². The average Bonchev–Trinajstić information content (AvgIpc) is 3.02. The molecule has 0 fully saturated rings. The van der Waals surface area contributed by atoms with Crippen LogP contribution in [0.25, 0.3) is 0 Å². The lowest BCUT2D eigenvalue weighted by molar-refractivity contribution is -0.140. The second kappa shape index (κ2) is 15.4. The highest BCUT2D eigenvalue weighted by Gasteiger charge is 2.37. The SMILES string of the molecule is Cc1ccc(S(=O)(=O)N(CC(=O)N(Cc2ccc(Cl)cc2)[C@H](Cc2ccccc2)C(=O)NC(C)C)c2ccc(Cl)c(C(F)(F)F)c2)cc1. The number of amides is 2. The van der Waals surface area contributed by atoms with Crippen LogP contribution in [0.1, 0.15) is 36.1 Å². The summed E-state index contributed by atoms with van der Waals surface area (Å²) >= 11 is 12.0. The zero-order valence-corrected chi connectivity index (χ0v) is 28.7. The summed E-state index contributed by atoms with van der Waals surface area (Å²) in [6, 6.07) is 22.4. The second-order valence-electron chi connectivity index (χ2n) is 11.5. The van der Waals surface area contributed by atoms with Gasteiger partial charge in [0.25, 0.3) is 10.0 Å². The molecule has 0 aliphatic rings. The topological polar surface area (TPSA) is 86.8 Å². The van der Waals surface area contributed by atoms with Crippen LogP contribution in [0.2, 0.25) is 10.0 Å². The minimum absolute atomic E-state index is 0.0720. The lowest BCUT2D eigenvalue weighted by Crippen LogP contribution is -2.54. The standard InChI is InChI=1S/C35H34Cl2F3N3O4S/c1-23(2)41-34(45)32(19-25-7-5-4-6-8-25)42(21-26-11-13-27(36)14-12-26)33(44)22-43(48(46,47)29-16-9-24(3)10-17-29)28-15-18-31(37)30(20-28)35(38,39)40/h4-18,20,23,32H,19,21-22H2,1-3H3,(H,41,45)/t32-/m1/s1. The van der Waals surface area contributed by atoms with Gasteiger partial charge in [-0.1, -0.05) is 83.4 Å². The van der Waals surface area contributed by atoms with Crippen molar-refractivity contribution >= 4 is 50.7 Å². The quantitative estimate of drug-likeness (QED) is 0.163. The zero-order chi connectivity index (χ0) is 35.2. The maximum Gasteiger partial charge on any atom is 0.417 e. The lowest BCUT2D eigenvalue weighted by Gasteiger charge is -2.34. The van der Waals surface area contributed by atoms with E-state index in [2.05, 4.69) is 5.32 Å². The Morgan fingerprint density at radius 2 is 1.48 bits per heavy atom. The third kappa shape index (κ3) is 9.30. The second-order valence-corrected chi connectivity index (χ2v) is 14.2. The molecule has 0 unspecified atom stereocenters. The summed E-state index contributed by atoms with van der Waals surface area (Å²) in [5.74, 6) is -1.32. The number of alkyl halides is 3. The van der Waals surface area contributed by atoms with Gasteiger partial charge in [-0.3, -0.25) is 13.9 Å². The van der Waals surface area contributed by atoms with Gasteiger partial charge >= 0.3 is 6.18 Å². The van der Waals surface area contributed by atoms with E-state index in [1.807, 2.05) is 0 Å². The molecule has 0 radical (unpaired) electrons. The maximum atomic E-state index is 14.5. The van der Waals surface area contributed by atoms with Gasteiger partial charge in [0.15, 0.2) is 0 Å². The fourth-order valence-electron chi connectivity index (χ4n) is 4.97. The van der Waals surface area contributed by atoms with E-state index >= 15 is 0 Å². The summed E-state index contributed by atoms with van der Waals surface area (Å²) in [7, 11) is -4.62. The first-order valence-corrected chi connectivity index (χ1v) is 17.1. The van der Waals surface area contributed by atoms with E-state index in [9.17, 15) is 31.2 Å². The Labute approximate surface area is 288 Å². The number of hydrogen-bond acceptors (Lipinski definition) is 4. The summed E-state index contributed by atoms with van der Waals surface area (Å²) < 4.78 is 70.7. The van der Waals surface area contributed by atoms with Crippen molar-refractivity contribution in [2.24, 2.45) is 0 Å². The van der Waals surface area contributed by atoms with Crippen molar-refractivity contribution in [3.8, 4) is 0 Å². The predicted molar refractivity (Wildman–Crippen MR) is 181 cm³/mol. The average molecular weight is 721 g/mol. The van der Waals surface area contributed by atoms with E-state index in [1.165, 1.54) is 29.2 Å². The summed E-state index contributed by atoms with van der Waals surface area (Å²) in [6.07, 6.45) is -4.84. The maximum absolute atomic E-state index is 14.5. The van der Waals surface area contributed by atoms with Crippen molar-refractivity contribution in [2.75, 3.05) is 10.8 Å². The zero-order valence-electron chi connectivity index (χ0n) is 26.3. The Morgan fingerprint density at radius 1 is 0.854 bits per heavy atom. The lowest BCUT2D eigenvalue weighted by atomic mass is 10.0. The molecule has 4 aromatic rings. The molecule has 1 atom stereocenters. The number of benzene rings is 4. The van der Waals surface area contributed by atoms with Gasteiger partial charge in [0.1, 0.15) is 12.6 Å². The van der Waals surface area contributed by atoms with Crippen molar-refractivity contribution in [2.45, 2.75) is 56.9 Å². The molecule has 0 bridgehead atoms. The smallest absolute Gasteiger partial charge is 0.352 e. The van der Waals surface area contributed by atoms with Crippen LogP contribution in [0.15, 0.2) is 102 Å². The number of nitrogens with zero attached hydrogens (tertiary/aromatic N) is 2. The molecule has 13 heteroatoms. The molecule has 0 aliphatic carbocycles.